The van der Waals surface area contributed by atoms with Crippen LogP contribution in [0.4, 0.5) is 5.82 Å². The summed E-state index contributed by atoms with van der Waals surface area (Å²) in [7, 11) is 0. The van der Waals surface area contributed by atoms with Gasteiger partial charge >= 0.3 is 0 Å². The summed E-state index contributed by atoms with van der Waals surface area (Å²) in [6.45, 7) is 3.17. The zero-order valence-corrected chi connectivity index (χ0v) is 9.76. The summed E-state index contributed by atoms with van der Waals surface area (Å²) in [6, 6.07) is 3.25. The van der Waals surface area contributed by atoms with E-state index >= 15 is 0 Å². The molecule has 1 amide bonds. The molecule has 0 aliphatic carbocycles. The average Bonchev–Trinajstić information content (AvgIpc) is 2.28. The van der Waals surface area contributed by atoms with E-state index in [0.717, 1.165) is 19.4 Å². The molecule has 0 bridgehead atoms. The van der Waals surface area contributed by atoms with Crippen LogP contribution in [-0.2, 0) is 0 Å². The van der Waals surface area contributed by atoms with Crippen LogP contribution in [0.2, 0.25) is 0 Å². The van der Waals surface area contributed by atoms with Crippen LogP contribution in [0.15, 0.2) is 12.1 Å². The van der Waals surface area contributed by atoms with E-state index in [0.29, 0.717) is 12.4 Å². The normalized spacial score (nSPS) is 24.7. The van der Waals surface area contributed by atoms with E-state index < -0.39 is 11.5 Å². The fraction of sp³-hybridized carbons (Fsp3) is 0.545. The minimum absolute atomic E-state index is 0.150. The number of hydrogen-bond donors (Lipinski definition) is 2. The molecule has 1 aromatic rings. The first-order chi connectivity index (χ1) is 7.98. The highest BCUT2D eigenvalue weighted by Crippen LogP contribution is 2.23. The van der Waals surface area contributed by atoms with Gasteiger partial charge in [-0.2, -0.15) is 0 Å². The molecule has 17 heavy (non-hydrogen) atoms. The second-order valence-electron chi connectivity index (χ2n) is 4.66. The summed E-state index contributed by atoms with van der Waals surface area (Å²) in [4.78, 5) is 12.8. The lowest BCUT2D eigenvalue weighted by molar-refractivity contribution is 0.0446. The quantitative estimate of drug-likeness (QED) is 0.749. The summed E-state index contributed by atoms with van der Waals surface area (Å²) >= 11 is 0. The molecule has 1 atom stereocenters. The Hall–Kier alpha value is -1.69. The predicted octanol–water partition coefficient (Wildman–Crippen LogP) is -0.0733. The number of piperidine rings is 1. The van der Waals surface area contributed by atoms with Crippen molar-refractivity contribution in [2.75, 3.05) is 18.0 Å². The van der Waals surface area contributed by atoms with Crippen molar-refractivity contribution >= 4 is 11.7 Å². The number of amides is 1. The van der Waals surface area contributed by atoms with Crippen molar-refractivity contribution in [2.45, 2.75) is 25.4 Å². The number of primary amides is 1. The molecule has 1 aliphatic rings. The van der Waals surface area contributed by atoms with E-state index in [2.05, 4.69) is 10.2 Å². The number of nitrogens with two attached hydrogens (primary N) is 1. The zero-order chi connectivity index (χ0) is 12.5. The van der Waals surface area contributed by atoms with E-state index in [-0.39, 0.29) is 5.69 Å². The molecule has 2 heterocycles. The van der Waals surface area contributed by atoms with Crippen LogP contribution in [0, 0.1) is 0 Å². The van der Waals surface area contributed by atoms with Crippen molar-refractivity contribution in [3.63, 3.8) is 0 Å². The minimum atomic E-state index is -0.692. The van der Waals surface area contributed by atoms with E-state index in [1.165, 1.54) is 0 Å². The number of β-amino-alcohol motifs (C(OH)–C–C–N with tert-alkyl or cyclic N) is 1. The molecular weight excluding hydrogens is 220 g/mol. The maximum atomic E-state index is 10.9. The third-order valence-corrected chi connectivity index (χ3v) is 2.90. The Morgan fingerprint density at radius 1 is 1.53 bits per heavy atom. The largest absolute Gasteiger partial charge is 0.388 e. The number of nitrogens with zero attached hydrogens (tertiary/aromatic N) is 3. The maximum absolute atomic E-state index is 10.9. The molecule has 1 fully saturated rings. The van der Waals surface area contributed by atoms with Gasteiger partial charge in [0.05, 0.1) is 5.60 Å². The fourth-order valence-corrected chi connectivity index (χ4v) is 2.04. The van der Waals surface area contributed by atoms with Crippen molar-refractivity contribution in [2.24, 2.45) is 5.73 Å². The van der Waals surface area contributed by atoms with Gasteiger partial charge in [0.15, 0.2) is 11.5 Å². The maximum Gasteiger partial charge on any atom is 0.269 e. The number of rotatable bonds is 2. The monoisotopic (exact) mass is 236 g/mol. The average molecular weight is 236 g/mol. The van der Waals surface area contributed by atoms with Gasteiger partial charge in [-0.3, -0.25) is 4.79 Å². The van der Waals surface area contributed by atoms with Gasteiger partial charge in [0, 0.05) is 13.1 Å². The highest BCUT2D eigenvalue weighted by molar-refractivity contribution is 5.90. The van der Waals surface area contributed by atoms with Gasteiger partial charge in [-0.1, -0.05) is 0 Å². The van der Waals surface area contributed by atoms with Crippen molar-refractivity contribution in [3.8, 4) is 0 Å². The number of aliphatic hydroxyl groups is 1. The number of hydrogen-bond acceptors (Lipinski definition) is 5. The van der Waals surface area contributed by atoms with Crippen LogP contribution < -0.4 is 10.6 Å². The summed E-state index contributed by atoms with van der Waals surface area (Å²) in [5, 5.41) is 17.7. The highest BCUT2D eigenvalue weighted by Gasteiger charge is 2.29. The lowest BCUT2D eigenvalue weighted by Crippen LogP contribution is -2.46. The molecule has 6 heteroatoms. The first-order valence-corrected chi connectivity index (χ1v) is 5.59. The van der Waals surface area contributed by atoms with E-state index in [4.69, 9.17) is 5.73 Å². The van der Waals surface area contributed by atoms with E-state index in [1.807, 2.05) is 11.8 Å². The predicted molar refractivity (Wildman–Crippen MR) is 62.6 cm³/mol. The molecule has 1 unspecified atom stereocenters. The number of carbonyl (C=O) groups excluding carboxylic acids is 1. The number of anilines is 1. The molecule has 0 spiro atoms. The molecule has 0 saturated carbocycles. The van der Waals surface area contributed by atoms with Crippen molar-refractivity contribution in [1.29, 1.82) is 0 Å². The van der Waals surface area contributed by atoms with E-state index in [9.17, 15) is 9.90 Å². The third kappa shape index (κ3) is 2.71. The van der Waals surface area contributed by atoms with Gasteiger partial charge < -0.3 is 15.7 Å². The topological polar surface area (TPSA) is 92.3 Å². The number of carbonyl (C=O) groups is 1. The molecule has 0 radical (unpaired) electrons. The lowest BCUT2D eigenvalue weighted by Gasteiger charge is -2.37. The summed E-state index contributed by atoms with van der Waals surface area (Å²) in [6.07, 6.45) is 1.70. The van der Waals surface area contributed by atoms with Crippen LogP contribution in [0.25, 0.3) is 0 Å². The summed E-state index contributed by atoms with van der Waals surface area (Å²) in [5.41, 5.74) is 4.55. The molecule has 92 valence electrons. The molecule has 3 N–H and O–H groups in total. The third-order valence-electron chi connectivity index (χ3n) is 2.90. The minimum Gasteiger partial charge on any atom is -0.388 e. The molecule has 0 aromatic carbocycles. The summed E-state index contributed by atoms with van der Waals surface area (Å²) < 4.78 is 0. The van der Waals surface area contributed by atoms with Crippen LogP contribution in [-0.4, -0.2) is 39.9 Å². The molecule has 6 nitrogen and oxygen atoms in total. The summed E-state index contributed by atoms with van der Waals surface area (Å²) in [5.74, 6) is 0.0738. The van der Waals surface area contributed by atoms with Crippen molar-refractivity contribution < 1.29 is 9.90 Å². The molecule has 1 saturated heterocycles. The van der Waals surface area contributed by atoms with Gasteiger partial charge in [0.1, 0.15) is 0 Å². The number of aromatic nitrogens is 2. The Kier molecular flexibility index (Phi) is 2.97. The van der Waals surface area contributed by atoms with Gasteiger partial charge in [-0.15, -0.1) is 10.2 Å². The molecular formula is C11H16N4O2. The second kappa shape index (κ2) is 4.29. The van der Waals surface area contributed by atoms with E-state index in [1.54, 1.807) is 12.1 Å². The highest BCUT2D eigenvalue weighted by atomic mass is 16.3. The van der Waals surface area contributed by atoms with Gasteiger partial charge in [0.25, 0.3) is 5.91 Å². The smallest absolute Gasteiger partial charge is 0.269 e. The van der Waals surface area contributed by atoms with Gasteiger partial charge in [0.2, 0.25) is 0 Å². The lowest BCUT2D eigenvalue weighted by atomic mass is 9.95. The SMILES string of the molecule is CC1(O)CCCN(c2ccc(C(N)=O)nn2)C1. The van der Waals surface area contributed by atoms with Crippen molar-refractivity contribution in [1.82, 2.24) is 10.2 Å². The first-order valence-electron chi connectivity index (χ1n) is 5.59. The molecule has 1 aliphatic heterocycles. The standard InChI is InChI=1S/C11H16N4O2/c1-11(17)5-2-6-15(7-11)9-4-3-8(10(12)16)13-14-9/h3-4,17H,2,5-7H2,1H3,(H2,12,16). The molecule has 1 aromatic heterocycles. The van der Waals surface area contributed by atoms with Gasteiger partial charge in [-0.25, -0.2) is 0 Å². The van der Waals surface area contributed by atoms with Crippen molar-refractivity contribution in [3.05, 3.63) is 17.8 Å². The zero-order valence-electron chi connectivity index (χ0n) is 9.76. The Morgan fingerprint density at radius 3 is 2.82 bits per heavy atom. The Morgan fingerprint density at radius 2 is 2.29 bits per heavy atom. The van der Waals surface area contributed by atoms with Crippen LogP contribution in [0.5, 0.6) is 0 Å². The van der Waals surface area contributed by atoms with Gasteiger partial charge in [-0.05, 0) is 31.9 Å². The Bertz CT molecular complexity index is 416. The Labute approximate surface area is 99.4 Å². The Balaban J connectivity index is 2.14. The fourth-order valence-electron chi connectivity index (χ4n) is 2.04. The first kappa shape index (κ1) is 11.8. The van der Waals surface area contributed by atoms with Crippen LogP contribution in [0.1, 0.15) is 30.3 Å². The van der Waals surface area contributed by atoms with Crippen LogP contribution in [0.3, 0.4) is 0 Å². The van der Waals surface area contributed by atoms with Crippen LogP contribution >= 0.6 is 0 Å². The molecule has 2 rings (SSSR count). The second-order valence-corrected chi connectivity index (χ2v) is 4.66.